The number of hydrogen-bond donors (Lipinski definition) is 2. The maximum Gasteiger partial charge on any atom is 0.163 e. The van der Waals surface area contributed by atoms with Crippen LogP contribution in [-0.4, -0.2) is 68.5 Å². The Labute approximate surface area is 171 Å². The molecule has 0 bridgehead atoms. The van der Waals surface area contributed by atoms with E-state index < -0.39 is 0 Å². The molecule has 0 saturated carbocycles. The maximum absolute atomic E-state index is 6.08. The number of ether oxygens (including phenoxy) is 3. The summed E-state index contributed by atoms with van der Waals surface area (Å²) < 4.78 is 16.9. The van der Waals surface area contributed by atoms with Crippen LogP contribution in [0.5, 0.6) is 11.5 Å². The third-order valence-corrected chi connectivity index (χ3v) is 5.47. The van der Waals surface area contributed by atoms with Gasteiger partial charge in [0.2, 0.25) is 0 Å². The van der Waals surface area contributed by atoms with Crippen molar-refractivity contribution in [2.75, 3.05) is 58.9 Å². The molecule has 0 spiro atoms. The van der Waals surface area contributed by atoms with Gasteiger partial charge in [0.25, 0.3) is 0 Å². The first-order valence-electron chi connectivity index (χ1n) is 10.4. The minimum atomic E-state index is 0.624. The Hall–Kier alpha value is -2.51. The number of H-pyrrole nitrogens is 1. The molecule has 1 fully saturated rings. The van der Waals surface area contributed by atoms with Gasteiger partial charge in [-0.1, -0.05) is 0 Å². The molecule has 7 heteroatoms. The highest BCUT2D eigenvalue weighted by Gasteiger charge is 2.15. The number of pyridine rings is 1. The third-order valence-electron chi connectivity index (χ3n) is 5.47. The number of aromatic amines is 1. The SMILES string of the molecule is COCCNc1nccc2[nH]c3cc(OCCCN4CCCC4)c(OC)cc3c12. The summed E-state index contributed by atoms with van der Waals surface area (Å²) in [4.78, 5) is 10.5. The Kier molecular flexibility index (Phi) is 6.36. The van der Waals surface area contributed by atoms with Crippen LogP contribution in [-0.2, 0) is 4.74 Å². The van der Waals surface area contributed by atoms with Gasteiger partial charge >= 0.3 is 0 Å². The predicted molar refractivity (Wildman–Crippen MR) is 116 cm³/mol. The summed E-state index contributed by atoms with van der Waals surface area (Å²) in [7, 11) is 3.38. The fourth-order valence-corrected chi connectivity index (χ4v) is 4.01. The topological polar surface area (TPSA) is 71.6 Å². The van der Waals surface area contributed by atoms with Crippen LogP contribution in [0, 0.1) is 0 Å². The van der Waals surface area contributed by atoms with E-state index in [1.807, 2.05) is 18.2 Å². The lowest BCUT2D eigenvalue weighted by Crippen LogP contribution is -2.21. The van der Waals surface area contributed by atoms with E-state index in [0.29, 0.717) is 19.8 Å². The van der Waals surface area contributed by atoms with Crippen molar-refractivity contribution in [3.05, 3.63) is 24.4 Å². The summed E-state index contributed by atoms with van der Waals surface area (Å²) in [5.74, 6) is 2.35. The molecule has 7 nitrogen and oxygen atoms in total. The highest BCUT2D eigenvalue weighted by atomic mass is 16.5. The molecule has 0 aliphatic carbocycles. The number of hydrogen-bond acceptors (Lipinski definition) is 6. The number of nitrogens with one attached hydrogen (secondary N) is 2. The second-order valence-electron chi connectivity index (χ2n) is 7.43. The van der Waals surface area contributed by atoms with Crippen LogP contribution in [0.3, 0.4) is 0 Å². The van der Waals surface area contributed by atoms with E-state index in [1.54, 1.807) is 20.4 Å². The molecule has 0 radical (unpaired) electrons. The van der Waals surface area contributed by atoms with Crippen LogP contribution in [0.15, 0.2) is 24.4 Å². The van der Waals surface area contributed by atoms with Gasteiger partial charge in [0.1, 0.15) is 5.82 Å². The summed E-state index contributed by atoms with van der Waals surface area (Å²) in [6.07, 6.45) is 5.47. The van der Waals surface area contributed by atoms with E-state index in [9.17, 15) is 0 Å². The Morgan fingerprint density at radius 3 is 2.76 bits per heavy atom. The molecule has 3 heterocycles. The number of methoxy groups -OCH3 is 2. The predicted octanol–water partition coefficient (Wildman–Crippen LogP) is 3.65. The van der Waals surface area contributed by atoms with Crippen LogP contribution >= 0.6 is 0 Å². The molecule has 29 heavy (non-hydrogen) atoms. The van der Waals surface area contributed by atoms with Gasteiger partial charge in [-0.2, -0.15) is 0 Å². The van der Waals surface area contributed by atoms with Crippen LogP contribution in [0.2, 0.25) is 0 Å². The summed E-state index contributed by atoms with van der Waals surface area (Å²) in [5, 5.41) is 5.47. The van der Waals surface area contributed by atoms with Gasteiger partial charge in [0, 0.05) is 43.2 Å². The number of anilines is 1. The first-order valence-corrected chi connectivity index (χ1v) is 10.4. The number of fused-ring (bicyclic) bond motifs is 3. The summed E-state index contributed by atoms with van der Waals surface area (Å²) in [5.41, 5.74) is 2.04. The first-order chi connectivity index (χ1) is 14.3. The minimum Gasteiger partial charge on any atom is -0.493 e. The van der Waals surface area contributed by atoms with E-state index >= 15 is 0 Å². The molecule has 1 saturated heterocycles. The maximum atomic E-state index is 6.08. The monoisotopic (exact) mass is 398 g/mol. The first kappa shape index (κ1) is 19.8. The molecule has 156 valence electrons. The van der Waals surface area contributed by atoms with Crippen LogP contribution < -0.4 is 14.8 Å². The van der Waals surface area contributed by atoms with Crippen LogP contribution in [0.25, 0.3) is 21.8 Å². The van der Waals surface area contributed by atoms with Crippen molar-refractivity contribution in [2.45, 2.75) is 19.3 Å². The van der Waals surface area contributed by atoms with Gasteiger partial charge in [-0.3, -0.25) is 0 Å². The zero-order valence-corrected chi connectivity index (χ0v) is 17.3. The Bertz CT molecular complexity index is 950. The quantitative estimate of drug-likeness (QED) is 0.508. The molecular weight excluding hydrogens is 368 g/mol. The van der Waals surface area contributed by atoms with Gasteiger partial charge < -0.3 is 29.4 Å². The van der Waals surface area contributed by atoms with E-state index in [1.165, 1.54) is 25.9 Å². The summed E-state index contributed by atoms with van der Waals surface area (Å²) >= 11 is 0. The van der Waals surface area contributed by atoms with E-state index in [2.05, 4.69) is 20.2 Å². The Morgan fingerprint density at radius 2 is 1.97 bits per heavy atom. The number of likely N-dealkylation sites (tertiary alicyclic amines) is 1. The molecule has 2 N–H and O–H groups in total. The molecule has 2 aromatic heterocycles. The van der Waals surface area contributed by atoms with Gasteiger partial charge in [0.05, 0.1) is 31.4 Å². The normalized spacial score (nSPS) is 14.7. The lowest BCUT2D eigenvalue weighted by molar-refractivity contribution is 0.210. The van der Waals surface area contributed by atoms with Crippen molar-refractivity contribution in [3.63, 3.8) is 0 Å². The molecule has 1 aliphatic rings. The third kappa shape index (κ3) is 4.41. The number of aromatic nitrogens is 2. The number of rotatable bonds is 10. The van der Waals surface area contributed by atoms with Crippen molar-refractivity contribution in [2.24, 2.45) is 0 Å². The summed E-state index contributed by atoms with van der Waals surface area (Å²) in [6.45, 7) is 5.55. The second-order valence-corrected chi connectivity index (χ2v) is 7.43. The molecule has 0 unspecified atom stereocenters. The van der Waals surface area contributed by atoms with E-state index in [4.69, 9.17) is 14.2 Å². The Morgan fingerprint density at radius 1 is 1.10 bits per heavy atom. The van der Waals surface area contributed by atoms with E-state index in [-0.39, 0.29) is 0 Å². The second kappa shape index (κ2) is 9.33. The van der Waals surface area contributed by atoms with Crippen molar-refractivity contribution >= 4 is 27.6 Å². The molecule has 1 aliphatic heterocycles. The number of nitrogens with zero attached hydrogens (tertiary/aromatic N) is 2. The largest absolute Gasteiger partial charge is 0.493 e. The average molecular weight is 399 g/mol. The van der Waals surface area contributed by atoms with Gasteiger partial charge in [-0.05, 0) is 44.5 Å². The lowest BCUT2D eigenvalue weighted by Gasteiger charge is -2.15. The van der Waals surface area contributed by atoms with Crippen molar-refractivity contribution in [1.82, 2.24) is 14.9 Å². The van der Waals surface area contributed by atoms with Gasteiger partial charge in [-0.15, -0.1) is 0 Å². The highest BCUT2D eigenvalue weighted by Crippen LogP contribution is 2.38. The van der Waals surface area contributed by atoms with Crippen molar-refractivity contribution in [3.8, 4) is 11.5 Å². The van der Waals surface area contributed by atoms with Crippen molar-refractivity contribution in [1.29, 1.82) is 0 Å². The molecule has 0 atom stereocenters. The fraction of sp³-hybridized carbons (Fsp3) is 0.500. The average Bonchev–Trinajstić information content (AvgIpc) is 3.38. The van der Waals surface area contributed by atoms with Gasteiger partial charge in [-0.25, -0.2) is 4.98 Å². The van der Waals surface area contributed by atoms with E-state index in [0.717, 1.165) is 52.1 Å². The van der Waals surface area contributed by atoms with Crippen LogP contribution in [0.1, 0.15) is 19.3 Å². The Balaban J connectivity index is 1.55. The molecule has 4 rings (SSSR count). The van der Waals surface area contributed by atoms with Gasteiger partial charge in [0.15, 0.2) is 11.5 Å². The lowest BCUT2D eigenvalue weighted by atomic mass is 10.1. The zero-order chi connectivity index (χ0) is 20.1. The minimum absolute atomic E-state index is 0.624. The standard InChI is InChI=1S/C22H30N4O3/c1-27-13-8-24-22-21-16-14-19(28-2)20(15-18(16)25-17(21)6-7-23-22)29-12-5-11-26-9-3-4-10-26/h6-7,14-15,25H,3-5,8-13H2,1-2H3,(H,23,24). The van der Waals surface area contributed by atoms with Crippen molar-refractivity contribution < 1.29 is 14.2 Å². The molecule has 0 amide bonds. The zero-order valence-electron chi connectivity index (χ0n) is 17.3. The van der Waals surface area contributed by atoms with Crippen LogP contribution in [0.4, 0.5) is 5.82 Å². The molecule has 1 aromatic carbocycles. The highest BCUT2D eigenvalue weighted by molar-refractivity contribution is 6.13. The molecule has 3 aromatic rings. The fourth-order valence-electron chi connectivity index (χ4n) is 4.01. The number of benzene rings is 1. The summed E-state index contributed by atoms with van der Waals surface area (Å²) in [6, 6.07) is 6.05. The smallest absolute Gasteiger partial charge is 0.163 e. The molecular formula is C22H30N4O3.